The number of rotatable bonds is 0. The average Bonchev–Trinajstić information content (AvgIpc) is 3.08. The molecule has 0 radical (unpaired) electrons. The lowest BCUT2D eigenvalue weighted by molar-refractivity contribution is 0.172. The van der Waals surface area contributed by atoms with E-state index in [4.69, 9.17) is 14.2 Å². The first-order valence-electron chi connectivity index (χ1n) is 6.72. The summed E-state index contributed by atoms with van der Waals surface area (Å²) in [5.74, 6) is 4.04. The second-order valence-corrected chi connectivity index (χ2v) is 6.30. The summed E-state index contributed by atoms with van der Waals surface area (Å²) in [6.45, 7) is 0.309. The third-order valence-electron chi connectivity index (χ3n) is 4.17. The van der Waals surface area contributed by atoms with Gasteiger partial charge in [-0.3, -0.25) is 0 Å². The zero-order chi connectivity index (χ0) is 13.1. The number of ether oxygens (including phenoxy) is 3. The van der Waals surface area contributed by atoms with Crippen LogP contribution in [0.15, 0.2) is 41.3 Å². The maximum atomic E-state index is 6.21. The number of benzene rings is 2. The fourth-order valence-corrected chi connectivity index (χ4v) is 4.44. The Bertz CT molecular complexity index is 713. The van der Waals surface area contributed by atoms with Gasteiger partial charge >= 0.3 is 0 Å². The lowest BCUT2D eigenvalue weighted by Gasteiger charge is -2.26. The Kier molecular flexibility index (Phi) is 2.10. The van der Waals surface area contributed by atoms with Crippen LogP contribution in [0.2, 0.25) is 0 Å². The van der Waals surface area contributed by atoms with Gasteiger partial charge < -0.3 is 14.2 Å². The topological polar surface area (TPSA) is 27.7 Å². The summed E-state index contributed by atoms with van der Waals surface area (Å²) in [5.41, 5.74) is 2.55. The predicted molar refractivity (Wildman–Crippen MR) is 75.8 cm³/mol. The molecule has 0 amide bonds. The van der Waals surface area contributed by atoms with Gasteiger partial charge in [-0.2, -0.15) is 0 Å². The molecular weight excluding hydrogens is 272 g/mol. The molecule has 3 heterocycles. The van der Waals surface area contributed by atoms with Crippen molar-refractivity contribution in [1.29, 1.82) is 0 Å². The van der Waals surface area contributed by atoms with Gasteiger partial charge in [0.25, 0.3) is 0 Å². The smallest absolute Gasteiger partial charge is 0.231 e. The second-order valence-electron chi connectivity index (χ2n) is 5.24. The van der Waals surface area contributed by atoms with E-state index >= 15 is 0 Å². The van der Waals surface area contributed by atoms with Crippen LogP contribution in [-0.4, -0.2) is 12.5 Å². The third-order valence-corrected chi connectivity index (χ3v) is 5.38. The second kappa shape index (κ2) is 3.85. The van der Waals surface area contributed by atoms with Crippen LogP contribution in [0.5, 0.6) is 17.2 Å². The molecule has 3 aliphatic heterocycles. The molecule has 2 aromatic rings. The van der Waals surface area contributed by atoms with Crippen LogP contribution in [0.3, 0.4) is 0 Å². The van der Waals surface area contributed by atoms with Gasteiger partial charge in [-0.05, 0) is 12.1 Å². The summed E-state index contributed by atoms with van der Waals surface area (Å²) in [4.78, 5) is 1.33. The monoisotopic (exact) mass is 284 g/mol. The van der Waals surface area contributed by atoms with Gasteiger partial charge in [-0.15, -0.1) is 11.8 Å². The van der Waals surface area contributed by atoms with Gasteiger partial charge in [-0.1, -0.05) is 18.2 Å². The van der Waals surface area contributed by atoms with Crippen LogP contribution < -0.4 is 14.2 Å². The highest BCUT2D eigenvalue weighted by Crippen LogP contribution is 2.55. The van der Waals surface area contributed by atoms with Crippen molar-refractivity contribution < 1.29 is 14.2 Å². The zero-order valence-electron chi connectivity index (χ0n) is 10.7. The van der Waals surface area contributed by atoms with Gasteiger partial charge in [-0.25, -0.2) is 0 Å². The molecule has 20 heavy (non-hydrogen) atoms. The van der Waals surface area contributed by atoms with E-state index in [9.17, 15) is 0 Å². The fourth-order valence-electron chi connectivity index (χ4n) is 3.20. The maximum Gasteiger partial charge on any atom is 0.231 e. The molecule has 0 N–H and O–H groups in total. The molecule has 0 aromatic heterocycles. The fraction of sp³-hybridized carbons (Fsp3) is 0.250. The van der Waals surface area contributed by atoms with Crippen molar-refractivity contribution in [2.45, 2.75) is 16.9 Å². The first-order chi connectivity index (χ1) is 9.90. The maximum absolute atomic E-state index is 6.21. The summed E-state index contributed by atoms with van der Waals surface area (Å²) in [6, 6.07) is 12.6. The standard InChI is InChI=1S/C16H12O3S/c1-2-4-15-9(3-1)16-11(7-20-15)10-5-13-14(18-8-17-13)6-12(10)19-16/h1-6,11,16H,7-8H2. The molecule has 0 aliphatic carbocycles. The first kappa shape index (κ1) is 10.9. The van der Waals surface area contributed by atoms with Crippen LogP contribution >= 0.6 is 11.8 Å². The Hall–Kier alpha value is -1.81. The lowest BCUT2D eigenvalue weighted by atomic mass is 9.92. The lowest BCUT2D eigenvalue weighted by Crippen LogP contribution is -2.17. The SMILES string of the molecule is c1ccc2c(c1)SCC1c3cc4c(cc3OC21)OCO4. The number of fused-ring (bicyclic) bond motifs is 6. The molecule has 2 aromatic carbocycles. The number of hydrogen-bond acceptors (Lipinski definition) is 4. The molecule has 0 spiro atoms. The van der Waals surface area contributed by atoms with E-state index in [1.807, 2.05) is 17.8 Å². The average molecular weight is 284 g/mol. The van der Waals surface area contributed by atoms with Crippen LogP contribution in [0.1, 0.15) is 23.1 Å². The van der Waals surface area contributed by atoms with E-state index in [1.165, 1.54) is 16.0 Å². The van der Waals surface area contributed by atoms with Gasteiger partial charge in [0.15, 0.2) is 11.5 Å². The van der Waals surface area contributed by atoms with Crippen LogP contribution in [0.4, 0.5) is 0 Å². The van der Waals surface area contributed by atoms with E-state index in [-0.39, 0.29) is 6.10 Å². The Morgan fingerprint density at radius 2 is 1.80 bits per heavy atom. The van der Waals surface area contributed by atoms with Crippen molar-refractivity contribution in [3.05, 3.63) is 47.5 Å². The molecule has 4 heteroatoms. The van der Waals surface area contributed by atoms with Gasteiger partial charge in [0.1, 0.15) is 11.9 Å². The predicted octanol–water partition coefficient (Wildman–Crippen LogP) is 3.74. The molecule has 2 atom stereocenters. The summed E-state index contributed by atoms with van der Waals surface area (Å²) in [7, 11) is 0. The van der Waals surface area contributed by atoms with E-state index in [2.05, 4.69) is 30.3 Å². The minimum atomic E-state index is 0.130. The van der Waals surface area contributed by atoms with Crippen molar-refractivity contribution in [3.63, 3.8) is 0 Å². The Balaban J connectivity index is 1.64. The quantitative estimate of drug-likeness (QED) is 0.736. The minimum absolute atomic E-state index is 0.130. The molecule has 0 bridgehead atoms. The molecule has 0 saturated carbocycles. The van der Waals surface area contributed by atoms with Crippen molar-refractivity contribution in [2.75, 3.05) is 12.5 Å². The number of hydrogen-bond donors (Lipinski definition) is 0. The van der Waals surface area contributed by atoms with Crippen molar-refractivity contribution in [3.8, 4) is 17.2 Å². The highest BCUT2D eigenvalue weighted by molar-refractivity contribution is 7.99. The van der Waals surface area contributed by atoms with E-state index in [0.29, 0.717) is 12.7 Å². The van der Waals surface area contributed by atoms with E-state index in [1.54, 1.807) is 0 Å². The van der Waals surface area contributed by atoms with Gasteiger partial charge in [0, 0.05) is 33.8 Å². The molecule has 3 nitrogen and oxygen atoms in total. The van der Waals surface area contributed by atoms with Gasteiger partial charge in [0.2, 0.25) is 6.79 Å². The Labute approximate surface area is 120 Å². The Morgan fingerprint density at radius 1 is 0.950 bits per heavy atom. The van der Waals surface area contributed by atoms with E-state index in [0.717, 1.165) is 23.0 Å². The summed E-state index contributed by atoms with van der Waals surface area (Å²) >= 11 is 1.91. The largest absolute Gasteiger partial charge is 0.485 e. The van der Waals surface area contributed by atoms with Crippen LogP contribution in [0.25, 0.3) is 0 Å². The van der Waals surface area contributed by atoms with E-state index < -0.39 is 0 Å². The molecule has 5 rings (SSSR count). The normalized spacial score (nSPS) is 24.6. The molecule has 0 fully saturated rings. The molecule has 0 saturated heterocycles. The minimum Gasteiger partial charge on any atom is -0.485 e. The highest BCUT2D eigenvalue weighted by atomic mass is 32.2. The first-order valence-corrected chi connectivity index (χ1v) is 7.70. The molecule has 3 aliphatic rings. The molecule has 2 unspecified atom stereocenters. The van der Waals surface area contributed by atoms with Crippen LogP contribution in [-0.2, 0) is 0 Å². The van der Waals surface area contributed by atoms with Crippen molar-refractivity contribution in [1.82, 2.24) is 0 Å². The summed E-state index contributed by atoms with van der Waals surface area (Å²) in [6.07, 6.45) is 0.130. The molecule has 100 valence electrons. The Morgan fingerprint density at radius 3 is 2.75 bits per heavy atom. The van der Waals surface area contributed by atoms with Crippen molar-refractivity contribution in [2.24, 2.45) is 0 Å². The van der Waals surface area contributed by atoms with Crippen molar-refractivity contribution >= 4 is 11.8 Å². The third kappa shape index (κ3) is 1.37. The zero-order valence-corrected chi connectivity index (χ0v) is 11.5. The molecular formula is C16H12O3S. The summed E-state index contributed by atoms with van der Waals surface area (Å²) in [5, 5.41) is 0. The van der Waals surface area contributed by atoms with Gasteiger partial charge in [0.05, 0.1) is 0 Å². The summed E-state index contributed by atoms with van der Waals surface area (Å²) < 4.78 is 17.1. The van der Waals surface area contributed by atoms with Crippen LogP contribution in [0, 0.1) is 0 Å². The number of thioether (sulfide) groups is 1. The highest BCUT2D eigenvalue weighted by Gasteiger charge is 2.40.